The van der Waals surface area contributed by atoms with Crippen molar-refractivity contribution in [2.45, 2.75) is 6.42 Å². The van der Waals surface area contributed by atoms with Crippen molar-refractivity contribution in [1.29, 1.82) is 0 Å². The number of carbonyl (C=O) groups excluding carboxylic acids is 2. The van der Waals surface area contributed by atoms with Crippen LogP contribution in [-0.4, -0.2) is 42.8 Å². The van der Waals surface area contributed by atoms with Crippen LogP contribution in [0.3, 0.4) is 0 Å². The predicted molar refractivity (Wildman–Crippen MR) is 88.5 cm³/mol. The molecule has 9 heteroatoms. The van der Waals surface area contributed by atoms with Gasteiger partial charge in [0.15, 0.2) is 11.5 Å². The summed E-state index contributed by atoms with van der Waals surface area (Å²) >= 11 is 1.23. The van der Waals surface area contributed by atoms with E-state index in [0.717, 1.165) is 0 Å². The molecule has 0 spiro atoms. The van der Waals surface area contributed by atoms with Gasteiger partial charge in [0.05, 0.1) is 20.1 Å². The lowest BCUT2D eigenvalue weighted by molar-refractivity contribution is -0.122. The van der Waals surface area contributed by atoms with Gasteiger partial charge in [-0.1, -0.05) is 11.3 Å². The summed E-state index contributed by atoms with van der Waals surface area (Å²) in [6.45, 7) is 0.305. The Hall–Kier alpha value is -2.68. The lowest BCUT2D eigenvalue weighted by Crippen LogP contribution is -2.28. The molecular weight excluding hydrogens is 332 g/mol. The number of nitrogens with zero attached hydrogens (tertiary/aromatic N) is 3. The number of benzene rings is 1. The zero-order chi connectivity index (χ0) is 17.1. The summed E-state index contributed by atoms with van der Waals surface area (Å²) in [4.78, 5) is 26.1. The molecule has 0 saturated carbocycles. The lowest BCUT2D eigenvalue weighted by Gasteiger charge is -2.18. The van der Waals surface area contributed by atoms with Gasteiger partial charge in [-0.15, -0.1) is 10.2 Å². The van der Waals surface area contributed by atoms with Crippen LogP contribution in [0.4, 0.5) is 10.8 Å². The van der Waals surface area contributed by atoms with Crippen molar-refractivity contribution in [3.05, 3.63) is 23.7 Å². The molecule has 1 saturated heterocycles. The van der Waals surface area contributed by atoms with E-state index in [4.69, 9.17) is 9.47 Å². The van der Waals surface area contributed by atoms with Crippen molar-refractivity contribution >= 4 is 34.0 Å². The van der Waals surface area contributed by atoms with E-state index in [0.29, 0.717) is 28.9 Å². The first-order valence-electron chi connectivity index (χ1n) is 7.21. The van der Waals surface area contributed by atoms with E-state index in [9.17, 15) is 9.59 Å². The highest BCUT2D eigenvalue weighted by Crippen LogP contribution is 2.34. The Morgan fingerprint density at radius 1 is 1.33 bits per heavy atom. The van der Waals surface area contributed by atoms with Gasteiger partial charge in [0.25, 0.3) is 0 Å². The highest BCUT2D eigenvalue weighted by atomic mass is 32.1. The fourth-order valence-corrected chi connectivity index (χ4v) is 3.01. The first kappa shape index (κ1) is 16.2. The summed E-state index contributed by atoms with van der Waals surface area (Å²) in [7, 11) is 3.08. The van der Waals surface area contributed by atoms with E-state index in [-0.39, 0.29) is 18.2 Å². The Kier molecular flexibility index (Phi) is 4.61. The molecule has 0 radical (unpaired) electrons. The van der Waals surface area contributed by atoms with Crippen LogP contribution >= 0.6 is 11.3 Å². The van der Waals surface area contributed by atoms with Crippen LogP contribution in [-0.2, 0) is 9.59 Å². The molecule has 24 heavy (non-hydrogen) atoms. The van der Waals surface area contributed by atoms with Crippen LogP contribution in [0.15, 0.2) is 23.7 Å². The van der Waals surface area contributed by atoms with Gasteiger partial charge in [-0.25, -0.2) is 0 Å². The minimum atomic E-state index is -0.436. The number of ether oxygens (including phenoxy) is 2. The van der Waals surface area contributed by atoms with E-state index in [2.05, 4.69) is 15.5 Å². The van der Waals surface area contributed by atoms with Crippen molar-refractivity contribution in [2.24, 2.45) is 5.92 Å². The average molecular weight is 348 g/mol. The van der Waals surface area contributed by atoms with Crippen molar-refractivity contribution in [1.82, 2.24) is 10.2 Å². The van der Waals surface area contributed by atoms with Gasteiger partial charge in [0, 0.05) is 24.7 Å². The minimum Gasteiger partial charge on any atom is -0.493 e. The van der Waals surface area contributed by atoms with Gasteiger partial charge in [-0.3, -0.25) is 9.59 Å². The standard InChI is InChI=1S/C15H16N4O4S/c1-22-11-4-3-10(6-12(11)23-2)19-7-9(5-13(19)20)14(21)17-15-18-16-8-24-15/h3-4,6,8-9H,5,7H2,1-2H3,(H,17,18,21). The van der Waals surface area contributed by atoms with Crippen molar-refractivity contribution in [3.63, 3.8) is 0 Å². The lowest BCUT2D eigenvalue weighted by atomic mass is 10.1. The number of methoxy groups -OCH3 is 2. The minimum absolute atomic E-state index is 0.111. The number of carbonyl (C=O) groups is 2. The van der Waals surface area contributed by atoms with Crippen LogP contribution in [0, 0.1) is 5.92 Å². The number of hydrogen-bond donors (Lipinski definition) is 1. The smallest absolute Gasteiger partial charge is 0.231 e. The number of anilines is 2. The summed E-state index contributed by atoms with van der Waals surface area (Å²) < 4.78 is 10.5. The van der Waals surface area contributed by atoms with Crippen LogP contribution in [0.25, 0.3) is 0 Å². The summed E-state index contributed by atoms with van der Waals surface area (Å²) in [6, 6.07) is 5.22. The van der Waals surface area contributed by atoms with Crippen LogP contribution < -0.4 is 19.7 Å². The largest absolute Gasteiger partial charge is 0.493 e. The van der Waals surface area contributed by atoms with E-state index >= 15 is 0 Å². The Balaban J connectivity index is 1.74. The Labute approximate surface area is 142 Å². The SMILES string of the molecule is COc1ccc(N2CC(C(=O)Nc3nncs3)CC2=O)cc1OC. The summed E-state index contributed by atoms with van der Waals surface area (Å²) in [5.41, 5.74) is 2.20. The van der Waals surface area contributed by atoms with Gasteiger partial charge < -0.3 is 19.7 Å². The average Bonchev–Trinajstić information content (AvgIpc) is 3.23. The molecule has 1 aromatic carbocycles. The normalized spacial score (nSPS) is 17.0. The molecule has 1 fully saturated rings. The highest BCUT2D eigenvalue weighted by Gasteiger charge is 2.35. The second-order valence-corrected chi connectivity index (χ2v) is 6.01. The first-order chi connectivity index (χ1) is 11.6. The van der Waals surface area contributed by atoms with Gasteiger partial charge in [-0.2, -0.15) is 0 Å². The van der Waals surface area contributed by atoms with Gasteiger partial charge in [0.1, 0.15) is 5.51 Å². The molecule has 1 atom stereocenters. The molecule has 8 nitrogen and oxygen atoms in total. The molecule has 0 bridgehead atoms. The number of rotatable bonds is 5. The second kappa shape index (κ2) is 6.83. The van der Waals surface area contributed by atoms with Gasteiger partial charge in [0.2, 0.25) is 16.9 Å². The summed E-state index contributed by atoms with van der Waals surface area (Å²) in [5.74, 6) is 0.334. The van der Waals surface area contributed by atoms with E-state index in [1.807, 2.05) is 0 Å². The third-order valence-electron chi connectivity index (χ3n) is 3.76. The topological polar surface area (TPSA) is 93.6 Å². The molecule has 1 unspecified atom stereocenters. The Morgan fingerprint density at radius 3 is 2.79 bits per heavy atom. The number of amides is 2. The molecular formula is C15H16N4O4S. The monoisotopic (exact) mass is 348 g/mol. The zero-order valence-corrected chi connectivity index (χ0v) is 14.0. The van der Waals surface area contributed by atoms with Crippen LogP contribution in [0.1, 0.15) is 6.42 Å². The maximum Gasteiger partial charge on any atom is 0.231 e. The molecule has 2 amide bonds. The third kappa shape index (κ3) is 3.16. The highest BCUT2D eigenvalue weighted by molar-refractivity contribution is 7.13. The van der Waals surface area contributed by atoms with E-state index in [1.165, 1.54) is 24.0 Å². The molecule has 1 N–H and O–H groups in total. The van der Waals surface area contributed by atoms with Crippen LogP contribution in [0.5, 0.6) is 11.5 Å². The number of hydrogen-bond acceptors (Lipinski definition) is 7. The van der Waals surface area contributed by atoms with Crippen molar-refractivity contribution in [2.75, 3.05) is 31.0 Å². The van der Waals surface area contributed by atoms with Crippen molar-refractivity contribution in [3.8, 4) is 11.5 Å². The molecule has 1 aliphatic rings. The van der Waals surface area contributed by atoms with Crippen molar-refractivity contribution < 1.29 is 19.1 Å². The molecule has 1 aliphatic heterocycles. The van der Waals surface area contributed by atoms with Crippen LogP contribution in [0.2, 0.25) is 0 Å². The molecule has 0 aliphatic carbocycles. The molecule has 1 aromatic heterocycles. The van der Waals surface area contributed by atoms with Gasteiger partial charge in [-0.05, 0) is 12.1 Å². The quantitative estimate of drug-likeness (QED) is 0.881. The third-order valence-corrected chi connectivity index (χ3v) is 4.37. The molecule has 126 valence electrons. The predicted octanol–water partition coefficient (Wildman–Crippen LogP) is 1.55. The summed E-state index contributed by atoms with van der Waals surface area (Å²) in [5, 5.41) is 10.5. The molecule has 3 rings (SSSR count). The van der Waals surface area contributed by atoms with Gasteiger partial charge >= 0.3 is 0 Å². The maximum atomic E-state index is 12.3. The molecule has 2 aromatic rings. The zero-order valence-electron chi connectivity index (χ0n) is 13.2. The Morgan fingerprint density at radius 2 is 2.12 bits per heavy atom. The first-order valence-corrected chi connectivity index (χ1v) is 8.09. The summed E-state index contributed by atoms with van der Waals surface area (Å²) in [6.07, 6.45) is 0.152. The number of nitrogens with one attached hydrogen (secondary N) is 1. The van der Waals surface area contributed by atoms with E-state index in [1.54, 1.807) is 30.2 Å². The number of aromatic nitrogens is 2. The fraction of sp³-hybridized carbons (Fsp3) is 0.333. The van der Waals surface area contributed by atoms with E-state index < -0.39 is 5.92 Å². The maximum absolute atomic E-state index is 12.3. The molecule has 2 heterocycles. The fourth-order valence-electron chi connectivity index (χ4n) is 2.56. The Bertz CT molecular complexity index is 750. The second-order valence-electron chi connectivity index (χ2n) is 5.18.